The van der Waals surface area contributed by atoms with Crippen LogP contribution in [0.1, 0.15) is 386 Å². The van der Waals surface area contributed by atoms with Gasteiger partial charge in [0.25, 0.3) is 0 Å². The van der Waals surface area contributed by atoms with E-state index < -0.39 is 12.1 Å². The number of carbonyl (C=O) groups excluding carboxylic acids is 2. The number of unbranched alkanes of at least 4 members (excludes halogenated alkanes) is 49. The maximum absolute atomic E-state index is 12.5. The maximum Gasteiger partial charge on any atom is 0.305 e. The van der Waals surface area contributed by atoms with Crippen LogP contribution < -0.4 is 5.32 Å². The zero-order chi connectivity index (χ0) is 56.4. The fourth-order valence-electron chi connectivity index (χ4n) is 11.0. The molecule has 0 spiro atoms. The zero-order valence-corrected chi connectivity index (χ0v) is 52.7. The lowest BCUT2D eigenvalue weighted by molar-refractivity contribution is -0.143. The fraction of sp³-hybridized carbons (Fsp3) is 0.889. The molecular weight excluding hydrogens is 959 g/mol. The Bertz CT molecular complexity index is 1260. The number of carbonyl (C=O) groups is 2. The van der Waals surface area contributed by atoms with Gasteiger partial charge in [-0.2, -0.15) is 0 Å². The summed E-state index contributed by atoms with van der Waals surface area (Å²) in [5.74, 6) is -0.0308. The Morgan fingerprint density at radius 1 is 0.359 bits per heavy atom. The SMILES string of the molecule is CCCCC/C=C\C/C=C\CCCCCCCC(=O)OCCCCCCCCCCCCCC/C=C\CCCCCCCCCCCCCC(=O)NC(CO)C(O)CCCCCCCCCCCCCCCCCCCCC. The Kier molecular flexibility index (Phi) is 65.9. The average molecular weight is 1100 g/mol. The number of aliphatic hydroxyl groups is 2. The van der Waals surface area contributed by atoms with E-state index in [1.165, 1.54) is 302 Å². The van der Waals surface area contributed by atoms with Gasteiger partial charge in [0.1, 0.15) is 0 Å². The van der Waals surface area contributed by atoms with Gasteiger partial charge < -0.3 is 20.3 Å². The molecule has 0 aromatic heterocycles. The van der Waals surface area contributed by atoms with Crippen molar-refractivity contribution in [3.8, 4) is 0 Å². The number of nitrogens with one attached hydrogen (secondary N) is 1. The lowest BCUT2D eigenvalue weighted by atomic mass is 10.0. The standard InChI is InChI=1S/C72H137NO5/c1-3-5-7-9-11-13-15-17-19-20-30-33-37-40-44-48-52-56-60-64-70(75)69(68-74)73-71(76)65-61-57-53-49-45-41-38-34-31-28-26-24-22-21-23-25-27-29-32-35-39-43-47-51-55-59-63-67-78-72(77)66-62-58-54-50-46-42-36-18-16-14-12-10-8-6-4-2/h12,14,18,21-22,36,69-70,74-75H,3-11,13,15-17,19-20,23-35,37-68H2,1-2H3,(H,73,76)/b14-12-,22-21-,36-18-. The molecule has 2 unspecified atom stereocenters. The van der Waals surface area contributed by atoms with Crippen molar-refractivity contribution in [3.05, 3.63) is 36.5 Å². The van der Waals surface area contributed by atoms with Gasteiger partial charge in [-0.25, -0.2) is 0 Å². The number of hydrogen-bond acceptors (Lipinski definition) is 5. The Morgan fingerprint density at radius 3 is 1.01 bits per heavy atom. The maximum atomic E-state index is 12.5. The Morgan fingerprint density at radius 2 is 0.641 bits per heavy atom. The van der Waals surface area contributed by atoms with E-state index in [4.69, 9.17) is 4.74 Å². The van der Waals surface area contributed by atoms with Crippen molar-refractivity contribution in [2.24, 2.45) is 0 Å². The molecule has 0 aliphatic rings. The van der Waals surface area contributed by atoms with Crippen LogP contribution in [0.4, 0.5) is 0 Å². The Hall–Kier alpha value is -1.92. The number of amides is 1. The van der Waals surface area contributed by atoms with Gasteiger partial charge in [0, 0.05) is 12.8 Å². The molecule has 0 fully saturated rings. The van der Waals surface area contributed by atoms with Gasteiger partial charge in [-0.15, -0.1) is 0 Å². The molecule has 3 N–H and O–H groups in total. The first kappa shape index (κ1) is 76.1. The van der Waals surface area contributed by atoms with E-state index >= 15 is 0 Å². The molecule has 1 amide bonds. The molecule has 0 saturated carbocycles. The molecule has 6 heteroatoms. The third-order valence-corrected chi connectivity index (χ3v) is 16.4. The average Bonchev–Trinajstić information content (AvgIpc) is 3.44. The highest BCUT2D eigenvalue weighted by Gasteiger charge is 2.20. The van der Waals surface area contributed by atoms with Crippen molar-refractivity contribution in [2.75, 3.05) is 13.2 Å². The van der Waals surface area contributed by atoms with Crippen molar-refractivity contribution >= 4 is 11.9 Å². The van der Waals surface area contributed by atoms with Gasteiger partial charge in [-0.3, -0.25) is 9.59 Å². The zero-order valence-electron chi connectivity index (χ0n) is 52.7. The Labute approximate surface area is 487 Å². The van der Waals surface area contributed by atoms with Crippen LogP contribution in [-0.2, 0) is 14.3 Å². The van der Waals surface area contributed by atoms with E-state index in [-0.39, 0.29) is 18.5 Å². The number of rotatable bonds is 66. The first-order valence-corrected chi connectivity index (χ1v) is 35.2. The number of allylic oxidation sites excluding steroid dienone is 6. The van der Waals surface area contributed by atoms with Crippen LogP contribution in [-0.4, -0.2) is 47.4 Å². The molecule has 460 valence electrons. The molecule has 0 aliphatic heterocycles. The second-order valence-electron chi connectivity index (χ2n) is 24.2. The van der Waals surface area contributed by atoms with Crippen molar-refractivity contribution in [3.63, 3.8) is 0 Å². The summed E-state index contributed by atoms with van der Waals surface area (Å²) >= 11 is 0. The highest BCUT2D eigenvalue weighted by molar-refractivity contribution is 5.76. The van der Waals surface area contributed by atoms with E-state index in [1.807, 2.05) is 0 Å². The molecule has 0 aromatic rings. The molecule has 6 nitrogen and oxygen atoms in total. The van der Waals surface area contributed by atoms with Gasteiger partial charge in [0.15, 0.2) is 0 Å². The third-order valence-electron chi connectivity index (χ3n) is 16.4. The normalized spacial score (nSPS) is 12.7. The van der Waals surface area contributed by atoms with E-state index in [9.17, 15) is 19.8 Å². The van der Waals surface area contributed by atoms with Crippen LogP contribution in [0.25, 0.3) is 0 Å². The second kappa shape index (κ2) is 67.6. The molecule has 0 bridgehead atoms. The van der Waals surface area contributed by atoms with Gasteiger partial charge in [-0.1, -0.05) is 326 Å². The smallest absolute Gasteiger partial charge is 0.305 e. The summed E-state index contributed by atoms with van der Waals surface area (Å²) in [6, 6.07) is -0.543. The Balaban J connectivity index is 3.39. The molecule has 0 aromatic carbocycles. The summed E-state index contributed by atoms with van der Waals surface area (Å²) in [5.41, 5.74) is 0. The number of ether oxygens (including phenoxy) is 1. The minimum absolute atomic E-state index is 0.00153. The van der Waals surface area contributed by atoms with Crippen LogP contribution in [0.3, 0.4) is 0 Å². The fourth-order valence-corrected chi connectivity index (χ4v) is 11.0. The van der Waals surface area contributed by atoms with Gasteiger partial charge in [0.05, 0.1) is 25.4 Å². The summed E-state index contributed by atoms with van der Waals surface area (Å²) in [6.45, 7) is 4.95. The summed E-state index contributed by atoms with van der Waals surface area (Å²) in [5, 5.41) is 23.4. The topological polar surface area (TPSA) is 95.9 Å². The number of aliphatic hydroxyl groups excluding tert-OH is 2. The molecule has 78 heavy (non-hydrogen) atoms. The molecule has 0 rings (SSSR count). The van der Waals surface area contributed by atoms with E-state index in [2.05, 4.69) is 55.6 Å². The highest BCUT2D eigenvalue weighted by atomic mass is 16.5. The predicted octanol–water partition coefficient (Wildman–Crippen LogP) is 22.7. The van der Waals surface area contributed by atoms with Crippen LogP contribution in [0, 0.1) is 0 Å². The molecular formula is C72H137NO5. The molecule has 0 radical (unpaired) electrons. The first-order chi connectivity index (χ1) is 38.5. The van der Waals surface area contributed by atoms with Crippen LogP contribution in [0.2, 0.25) is 0 Å². The van der Waals surface area contributed by atoms with Crippen molar-refractivity contribution < 1.29 is 24.5 Å². The molecule has 2 atom stereocenters. The van der Waals surface area contributed by atoms with Crippen LogP contribution in [0.15, 0.2) is 36.5 Å². The lowest BCUT2D eigenvalue weighted by Crippen LogP contribution is -2.45. The van der Waals surface area contributed by atoms with Crippen molar-refractivity contribution in [1.82, 2.24) is 5.32 Å². The summed E-state index contributed by atoms with van der Waals surface area (Å²) in [4.78, 5) is 24.6. The van der Waals surface area contributed by atoms with Crippen LogP contribution >= 0.6 is 0 Å². The van der Waals surface area contributed by atoms with E-state index in [0.29, 0.717) is 25.9 Å². The van der Waals surface area contributed by atoms with E-state index in [1.54, 1.807) is 0 Å². The molecule has 0 saturated heterocycles. The predicted molar refractivity (Wildman–Crippen MR) is 343 cm³/mol. The lowest BCUT2D eigenvalue weighted by Gasteiger charge is -2.22. The number of esters is 1. The van der Waals surface area contributed by atoms with E-state index in [0.717, 1.165) is 51.4 Å². The number of hydrogen-bond donors (Lipinski definition) is 3. The quantitative estimate of drug-likeness (QED) is 0.0320. The highest BCUT2D eigenvalue weighted by Crippen LogP contribution is 2.18. The summed E-state index contributed by atoms with van der Waals surface area (Å²) < 4.78 is 5.48. The minimum atomic E-state index is -0.666. The largest absolute Gasteiger partial charge is 0.466 e. The van der Waals surface area contributed by atoms with Crippen molar-refractivity contribution in [1.29, 1.82) is 0 Å². The summed E-state index contributed by atoms with van der Waals surface area (Å²) in [6.07, 6.45) is 86.1. The van der Waals surface area contributed by atoms with Gasteiger partial charge in [-0.05, 0) is 83.5 Å². The first-order valence-electron chi connectivity index (χ1n) is 35.2. The monoisotopic (exact) mass is 1100 g/mol. The van der Waals surface area contributed by atoms with Gasteiger partial charge in [0.2, 0.25) is 5.91 Å². The van der Waals surface area contributed by atoms with Crippen LogP contribution in [0.5, 0.6) is 0 Å². The van der Waals surface area contributed by atoms with Crippen molar-refractivity contribution in [2.45, 2.75) is 398 Å². The molecule has 0 heterocycles. The second-order valence-corrected chi connectivity index (χ2v) is 24.2. The summed E-state index contributed by atoms with van der Waals surface area (Å²) in [7, 11) is 0. The molecule has 0 aliphatic carbocycles. The van der Waals surface area contributed by atoms with Gasteiger partial charge >= 0.3 is 5.97 Å². The third kappa shape index (κ3) is 63.3. The minimum Gasteiger partial charge on any atom is -0.466 e.